The van der Waals surface area contributed by atoms with Gasteiger partial charge in [0.05, 0.1) is 18.3 Å². The van der Waals surface area contributed by atoms with Gasteiger partial charge in [-0.15, -0.1) is 10.2 Å². The fourth-order valence-electron chi connectivity index (χ4n) is 4.30. The second kappa shape index (κ2) is 7.91. The third-order valence-electron chi connectivity index (χ3n) is 5.92. The van der Waals surface area contributed by atoms with Crippen molar-refractivity contribution in [3.8, 4) is 0 Å². The van der Waals surface area contributed by atoms with Gasteiger partial charge in [-0.1, -0.05) is 43.0 Å². The number of carbonyl (C=O) groups is 2. The highest BCUT2D eigenvalue weighted by Crippen LogP contribution is 2.38. The molecule has 0 radical (unpaired) electrons. The third-order valence-corrected chi connectivity index (χ3v) is 6.32. The fraction of sp³-hybridized carbons (Fsp3) is 0.600. The van der Waals surface area contributed by atoms with Gasteiger partial charge in [-0.25, -0.2) is 0 Å². The number of amides is 2. The van der Waals surface area contributed by atoms with Crippen LogP contribution in [0.15, 0.2) is 18.2 Å². The van der Waals surface area contributed by atoms with E-state index in [2.05, 4.69) is 15.5 Å². The summed E-state index contributed by atoms with van der Waals surface area (Å²) in [5.41, 5.74) is 0.733. The minimum Gasteiger partial charge on any atom is -0.383 e. The second-order valence-corrected chi connectivity index (χ2v) is 8.54. The Labute approximate surface area is 174 Å². The van der Waals surface area contributed by atoms with Crippen molar-refractivity contribution in [2.24, 2.45) is 0 Å². The molecule has 2 atom stereocenters. The molecule has 1 N–H and O–H groups in total. The van der Waals surface area contributed by atoms with Gasteiger partial charge < -0.3 is 15.0 Å². The van der Waals surface area contributed by atoms with Crippen LogP contribution in [0.4, 0.5) is 0 Å². The summed E-state index contributed by atoms with van der Waals surface area (Å²) in [6, 6.07) is -0.364. The molecule has 1 saturated carbocycles. The lowest BCUT2D eigenvalue weighted by molar-refractivity contribution is -0.131. The highest BCUT2D eigenvalue weighted by molar-refractivity contribution is 6.38. The van der Waals surface area contributed by atoms with Crippen molar-refractivity contribution in [3.05, 3.63) is 29.9 Å². The number of hydrogen-bond acceptors (Lipinski definition) is 5. The molecule has 9 heteroatoms. The first-order valence-electron chi connectivity index (χ1n) is 10.1. The lowest BCUT2D eigenvalue weighted by atomic mass is 9.88. The molecule has 2 heterocycles. The standard InChI is InChI=1S/C20H26ClN5O3/c1-25(10-11-29-2)19(28)20(21)9-8-14-15(12-20)26-16(13-6-4-3-5-7-13)23-24-17(26)18(27)22-14/h8-9,12-14H,3-7,10-11H2,1-2H3,(H,22,27). The van der Waals surface area contributed by atoms with Crippen molar-refractivity contribution in [2.45, 2.75) is 48.9 Å². The molecule has 2 amide bonds. The Balaban J connectivity index is 1.72. The Morgan fingerprint density at radius 3 is 2.86 bits per heavy atom. The number of rotatable bonds is 5. The quantitative estimate of drug-likeness (QED) is 0.581. The predicted octanol–water partition coefficient (Wildman–Crippen LogP) is 1.93. The third kappa shape index (κ3) is 3.59. The van der Waals surface area contributed by atoms with Gasteiger partial charge in [0.15, 0.2) is 4.87 Å². The molecule has 1 fully saturated rings. The molecule has 2 unspecified atom stereocenters. The van der Waals surface area contributed by atoms with E-state index in [1.54, 1.807) is 37.3 Å². The molecule has 4 rings (SSSR count). The Morgan fingerprint density at radius 1 is 1.38 bits per heavy atom. The molecule has 1 aromatic heterocycles. The van der Waals surface area contributed by atoms with Crippen molar-refractivity contribution in [3.63, 3.8) is 0 Å². The largest absolute Gasteiger partial charge is 0.383 e. The molecule has 0 aromatic carbocycles. The van der Waals surface area contributed by atoms with Crippen LogP contribution in [0.2, 0.25) is 0 Å². The average molecular weight is 420 g/mol. The van der Waals surface area contributed by atoms with Gasteiger partial charge in [-0.05, 0) is 18.9 Å². The minimum atomic E-state index is -1.33. The van der Waals surface area contributed by atoms with Crippen molar-refractivity contribution in [2.75, 3.05) is 27.3 Å². The summed E-state index contributed by atoms with van der Waals surface area (Å²) >= 11 is 6.77. The molecule has 0 saturated heterocycles. The average Bonchev–Trinajstić information content (AvgIpc) is 3.19. The molecule has 0 spiro atoms. The number of nitrogens with one attached hydrogen (secondary N) is 1. The van der Waals surface area contributed by atoms with Crippen molar-refractivity contribution >= 4 is 29.1 Å². The number of carbonyl (C=O) groups excluding carboxylic acids is 2. The van der Waals surface area contributed by atoms with E-state index in [1.165, 1.54) is 6.42 Å². The van der Waals surface area contributed by atoms with Gasteiger partial charge in [0, 0.05) is 26.6 Å². The maximum atomic E-state index is 13.0. The Hall–Kier alpha value is -2.19. The molecule has 2 aliphatic carbocycles. The fourth-order valence-corrected chi connectivity index (χ4v) is 4.63. The second-order valence-electron chi connectivity index (χ2n) is 7.92. The summed E-state index contributed by atoms with van der Waals surface area (Å²) in [6.45, 7) is 0.863. The summed E-state index contributed by atoms with van der Waals surface area (Å²) in [5, 5.41) is 11.4. The van der Waals surface area contributed by atoms with E-state index in [0.717, 1.165) is 37.2 Å². The molecule has 0 bridgehead atoms. The van der Waals surface area contributed by atoms with Gasteiger partial charge in [0.2, 0.25) is 5.82 Å². The SMILES string of the molecule is COCCN(C)C(=O)C1(Cl)C=CC2NC(=O)c3nnc(C4CCCCC4)n3C2=C1. The molecular weight excluding hydrogens is 394 g/mol. The Kier molecular flexibility index (Phi) is 5.48. The van der Waals surface area contributed by atoms with Crippen molar-refractivity contribution in [1.82, 2.24) is 25.0 Å². The van der Waals surface area contributed by atoms with Gasteiger partial charge >= 0.3 is 0 Å². The summed E-state index contributed by atoms with van der Waals surface area (Å²) in [6.07, 6.45) is 10.7. The van der Waals surface area contributed by atoms with Gasteiger partial charge in [-0.3, -0.25) is 14.2 Å². The molecule has 3 aliphatic rings. The molecule has 1 aliphatic heterocycles. The highest BCUT2D eigenvalue weighted by atomic mass is 35.5. The van der Waals surface area contributed by atoms with Crippen LogP contribution in [0.25, 0.3) is 5.70 Å². The number of likely N-dealkylation sites (N-methyl/N-ethyl adjacent to an activating group) is 1. The lowest BCUT2D eigenvalue weighted by Gasteiger charge is -2.35. The number of fused-ring (bicyclic) bond motifs is 3. The minimum absolute atomic E-state index is 0.246. The topological polar surface area (TPSA) is 89.3 Å². The monoisotopic (exact) mass is 419 g/mol. The first-order chi connectivity index (χ1) is 13.9. The molecule has 156 valence electrons. The number of alkyl halides is 1. The smallest absolute Gasteiger partial charge is 0.290 e. The predicted molar refractivity (Wildman–Crippen MR) is 109 cm³/mol. The zero-order valence-corrected chi connectivity index (χ0v) is 17.5. The summed E-state index contributed by atoms with van der Waals surface area (Å²) in [4.78, 5) is 25.8. The number of halogens is 1. The molecule has 29 heavy (non-hydrogen) atoms. The van der Waals surface area contributed by atoms with E-state index in [-0.39, 0.29) is 29.6 Å². The van der Waals surface area contributed by atoms with Crippen LogP contribution in [0, 0.1) is 0 Å². The lowest BCUT2D eigenvalue weighted by Crippen LogP contribution is -2.49. The van der Waals surface area contributed by atoms with Crippen LogP contribution in [-0.4, -0.2) is 69.7 Å². The highest BCUT2D eigenvalue weighted by Gasteiger charge is 2.42. The molecule has 1 aromatic rings. The number of methoxy groups -OCH3 is 1. The first kappa shape index (κ1) is 20.1. The van der Waals surface area contributed by atoms with E-state index in [1.807, 2.05) is 4.57 Å². The van der Waals surface area contributed by atoms with Gasteiger partial charge in [0.1, 0.15) is 5.82 Å². The number of nitrogens with zero attached hydrogens (tertiary/aromatic N) is 4. The maximum absolute atomic E-state index is 13.0. The van der Waals surface area contributed by atoms with E-state index in [4.69, 9.17) is 16.3 Å². The summed E-state index contributed by atoms with van der Waals surface area (Å²) < 4.78 is 6.88. The normalized spacial score (nSPS) is 26.4. The van der Waals surface area contributed by atoms with Crippen molar-refractivity contribution < 1.29 is 14.3 Å². The first-order valence-corrected chi connectivity index (χ1v) is 10.4. The number of aromatic nitrogens is 3. The van der Waals surface area contributed by atoms with E-state index in [0.29, 0.717) is 13.2 Å². The zero-order valence-electron chi connectivity index (χ0n) is 16.7. The number of hydrogen-bond donors (Lipinski definition) is 1. The van der Waals surface area contributed by atoms with E-state index in [9.17, 15) is 9.59 Å². The van der Waals surface area contributed by atoms with Crippen LogP contribution in [0.5, 0.6) is 0 Å². The van der Waals surface area contributed by atoms with Crippen LogP contribution in [-0.2, 0) is 9.53 Å². The van der Waals surface area contributed by atoms with Crippen LogP contribution < -0.4 is 5.32 Å². The molecule has 8 nitrogen and oxygen atoms in total. The maximum Gasteiger partial charge on any atom is 0.290 e. The summed E-state index contributed by atoms with van der Waals surface area (Å²) in [7, 11) is 3.29. The van der Waals surface area contributed by atoms with Gasteiger partial charge in [-0.2, -0.15) is 0 Å². The van der Waals surface area contributed by atoms with E-state index < -0.39 is 4.87 Å². The molecular formula is C20H26ClN5O3. The summed E-state index contributed by atoms with van der Waals surface area (Å²) in [5.74, 6) is 0.789. The zero-order chi connectivity index (χ0) is 20.6. The van der Waals surface area contributed by atoms with Crippen LogP contribution in [0.1, 0.15) is 54.5 Å². The van der Waals surface area contributed by atoms with E-state index >= 15 is 0 Å². The van der Waals surface area contributed by atoms with Crippen LogP contribution >= 0.6 is 11.6 Å². The van der Waals surface area contributed by atoms with Crippen LogP contribution in [0.3, 0.4) is 0 Å². The number of ether oxygens (including phenoxy) is 1. The Bertz CT molecular complexity index is 873. The van der Waals surface area contributed by atoms with Crippen molar-refractivity contribution in [1.29, 1.82) is 0 Å². The van der Waals surface area contributed by atoms with Gasteiger partial charge in [0.25, 0.3) is 11.8 Å². The Morgan fingerprint density at radius 2 is 2.14 bits per heavy atom.